The Morgan fingerprint density at radius 2 is 1.66 bits per heavy atom. The fourth-order valence-corrected chi connectivity index (χ4v) is 6.79. The molecule has 0 aliphatic heterocycles. The van der Waals surface area contributed by atoms with Gasteiger partial charge in [-0.05, 0) is 56.3 Å². The smallest absolute Gasteiger partial charge is 0.361 e. The number of carbonyl (C=O) groups is 1. The molecule has 11 nitrogen and oxygen atoms in total. The second-order valence-electron chi connectivity index (χ2n) is 8.99. The molecular weight excluding hydrogens is 567 g/mol. The number of H-pyrrole nitrogens is 1. The Morgan fingerprint density at radius 3 is 2.22 bits per heavy atom. The standard InChI is InChI=1S/C28H31N4O7PS/c1-4-38-40(35,39-5-2)22-15-16-24-23(17-22)26(28(34)31-24)27(19-9-7-6-8-10-19)30-20-11-13-21(14-12-20)32(18-25(29)33)41(3,36)37/h6-17,31,34H,4-5,18H2,1-3H3,(H2,29,33). The molecule has 0 atom stereocenters. The minimum atomic E-state index is -3.77. The number of nitrogens with two attached hydrogens (primary N) is 1. The van der Waals surface area contributed by atoms with Gasteiger partial charge >= 0.3 is 7.60 Å². The van der Waals surface area contributed by atoms with Crippen LogP contribution in [0.3, 0.4) is 0 Å². The topological polar surface area (TPSA) is 164 Å². The number of aromatic nitrogens is 1. The van der Waals surface area contributed by atoms with Crippen molar-refractivity contribution in [3.63, 3.8) is 0 Å². The fourth-order valence-electron chi connectivity index (χ4n) is 4.33. The quantitative estimate of drug-likeness (QED) is 0.163. The van der Waals surface area contributed by atoms with Gasteiger partial charge in [-0.25, -0.2) is 13.4 Å². The molecule has 4 rings (SSSR count). The summed E-state index contributed by atoms with van der Waals surface area (Å²) < 4.78 is 49.9. The molecule has 0 fully saturated rings. The lowest BCUT2D eigenvalue weighted by molar-refractivity contribution is -0.116. The summed E-state index contributed by atoms with van der Waals surface area (Å²) in [5.74, 6) is -0.944. The van der Waals surface area contributed by atoms with Crippen LogP contribution < -0.4 is 15.3 Å². The predicted octanol–water partition coefficient (Wildman–Crippen LogP) is 4.19. The highest BCUT2D eigenvalue weighted by Gasteiger charge is 2.29. The molecule has 0 spiro atoms. The molecule has 3 aromatic carbocycles. The van der Waals surface area contributed by atoms with Gasteiger partial charge in [0.05, 0.1) is 47.4 Å². The maximum absolute atomic E-state index is 13.5. The third-order valence-electron chi connectivity index (χ3n) is 6.04. The van der Waals surface area contributed by atoms with E-state index in [0.29, 0.717) is 38.7 Å². The maximum atomic E-state index is 13.5. The molecule has 1 amide bonds. The van der Waals surface area contributed by atoms with Crippen LogP contribution in [0.4, 0.5) is 11.4 Å². The van der Waals surface area contributed by atoms with E-state index in [1.165, 1.54) is 12.1 Å². The number of aromatic hydroxyl groups is 1. The van der Waals surface area contributed by atoms with Crippen molar-refractivity contribution in [2.24, 2.45) is 10.7 Å². The molecule has 13 heteroatoms. The lowest BCUT2D eigenvalue weighted by Gasteiger charge is -2.20. The van der Waals surface area contributed by atoms with Crippen molar-refractivity contribution >= 4 is 56.8 Å². The molecule has 0 radical (unpaired) electrons. The Labute approximate surface area is 238 Å². The summed E-state index contributed by atoms with van der Waals surface area (Å²) >= 11 is 0. The molecule has 0 aliphatic carbocycles. The molecule has 1 heterocycles. The van der Waals surface area contributed by atoms with E-state index in [1.807, 2.05) is 30.3 Å². The SMILES string of the molecule is CCOP(=O)(OCC)c1ccc2[nH]c(O)c(C(=Nc3ccc(N(CC(N)=O)S(C)(=O)=O)cc3)c3ccccc3)c2c1. The molecule has 41 heavy (non-hydrogen) atoms. The molecular formula is C28H31N4O7PS. The van der Waals surface area contributed by atoms with Gasteiger partial charge in [0.2, 0.25) is 15.9 Å². The fraction of sp³-hybridized carbons (Fsp3) is 0.214. The first-order valence-electron chi connectivity index (χ1n) is 12.7. The highest BCUT2D eigenvalue weighted by atomic mass is 32.2. The van der Waals surface area contributed by atoms with E-state index in [-0.39, 0.29) is 24.8 Å². The Morgan fingerprint density at radius 1 is 1.02 bits per heavy atom. The zero-order chi connectivity index (χ0) is 29.8. The van der Waals surface area contributed by atoms with Gasteiger partial charge in [0, 0.05) is 16.5 Å². The van der Waals surface area contributed by atoms with Crippen LogP contribution in [-0.4, -0.2) is 56.1 Å². The summed E-state index contributed by atoms with van der Waals surface area (Å²) in [4.78, 5) is 19.2. The molecule has 0 bridgehead atoms. The van der Waals surface area contributed by atoms with E-state index in [4.69, 9.17) is 19.8 Å². The molecule has 0 saturated heterocycles. The molecule has 0 saturated carbocycles. The van der Waals surface area contributed by atoms with Crippen LogP contribution in [0.1, 0.15) is 25.0 Å². The summed E-state index contributed by atoms with van der Waals surface area (Å²) in [6.07, 6.45) is 0.986. The van der Waals surface area contributed by atoms with Crippen molar-refractivity contribution < 1.29 is 31.9 Å². The van der Waals surface area contributed by atoms with Crippen LogP contribution in [0, 0.1) is 0 Å². The van der Waals surface area contributed by atoms with Gasteiger partial charge in [0.1, 0.15) is 6.54 Å². The molecule has 4 N–H and O–H groups in total. The van der Waals surface area contributed by atoms with Crippen LogP contribution in [-0.2, 0) is 28.4 Å². The number of aliphatic imine (C=N–C) groups is 1. The van der Waals surface area contributed by atoms with Crippen molar-refractivity contribution in [2.75, 3.05) is 30.3 Å². The number of nitrogens with zero attached hydrogens (tertiary/aromatic N) is 2. The number of nitrogens with one attached hydrogen (secondary N) is 1. The third-order valence-corrected chi connectivity index (χ3v) is 9.29. The van der Waals surface area contributed by atoms with Crippen LogP contribution in [0.15, 0.2) is 77.8 Å². The number of sulfonamides is 1. The molecule has 1 aromatic heterocycles. The Bertz CT molecular complexity index is 1730. The van der Waals surface area contributed by atoms with E-state index < -0.39 is 30.1 Å². The van der Waals surface area contributed by atoms with Crippen molar-refractivity contribution in [3.8, 4) is 5.88 Å². The van der Waals surface area contributed by atoms with E-state index >= 15 is 0 Å². The zero-order valence-corrected chi connectivity index (χ0v) is 24.5. The number of fused-ring (bicyclic) bond motifs is 1. The van der Waals surface area contributed by atoms with E-state index in [1.54, 1.807) is 44.2 Å². The largest absolute Gasteiger partial charge is 0.494 e. The lowest BCUT2D eigenvalue weighted by atomic mass is 10.0. The van der Waals surface area contributed by atoms with E-state index in [9.17, 15) is 22.9 Å². The van der Waals surface area contributed by atoms with Crippen LogP contribution >= 0.6 is 7.60 Å². The Kier molecular flexibility index (Phi) is 8.98. The van der Waals surface area contributed by atoms with E-state index in [2.05, 4.69) is 4.98 Å². The maximum Gasteiger partial charge on any atom is 0.361 e. The van der Waals surface area contributed by atoms with Gasteiger partial charge in [-0.1, -0.05) is 30.3 Å². The second kappa shape index (κ2) is 12.3. The molecule has 4 aromatic rings. The number of hydrogen-bond acceptors (Lipinski definition) is 8. The predicted molar refractivity (Wildman–Crippen MR) is 160 cm³/mol. The Hall–Kier alpha value is -3.96. The Balaban J connectivity index is 1.88. The first kappa shape index (κ1) is 30.0. The van der Waals surface area contributed by atoms with Gasteiger partial charge in [-0.15, -0.1) is 0 Å². The number of rotatable bonds is 12. The number of primary amides is 1. The third kappa shape index (κ3) is 6.68. The number of hydrogen-bond donors (Lipinski definition) is 3. The van der Waals surface area contributed by atoms with Crippen LogP contribution in [0.5, 0.6) is 5.88 Å². The number of benzene rings is 3. The van der Waals surface area contributed by atoms with Crippen LogP contribution in [0.2, 0.25) is 0 Å². The summed E-state index contributed by atoms with van der Waals surface area (Å²) in [5, 5.41) is 11.9. The number of amides is 1. The minimum absolute atomic E-state index is 0.149. The first-order valence-corrected chi connectivity index (χ1v) is 16.1. The molecule has 0 unspecified atom stereocenters. The van der Waals surface area contributed by atoms with Crippen molar-refractivity contribution in [3.05, 3.63) is 83.9 Å². The summed E-state index contributed by atoms with van der Waals surface area (Å²) in [7, 11) is -7.38. The van der Waals surface area contributed by atoms with E-state index in [0.717, 1.165) is 10.6 Å². The average molecular weight is 599 g/mol. The highest BCUT2D eigenvalue weighted by molar-refractivity contribution is 7.92. The number of aromatic amines is 1. The highest BCUT2D eigenvalue weighted by Crippen LogP contribution is 2.47. The monoisotopic (exact) mass is 598 g/mol. The minimum Gasteiger partial charge on any atom is -0.494 e. The van der Waals surface area contributed by atoms with Crippen molar-refractivity contribution in [2.45, 2.75) is 13.8 Å². The van der Waals surface area contributed by atoms with Crippen molar-refractivity contribution in [1.82, 2.24) is 4.98 Å². The average Bonchev–Trinajstić information content (AvgIpc) is 3.25. The normalized spacial score (nSPS) is 12.5. The van der Waals surface area contributed by atoms with Gasteiger partial charge < -0.3 is 24.9 Å². The van der Waals surface area contributed by atoms with Crippen molar-refractivity contribution in [1.29, 1.82) is 0 Å². The van der Waals surface area contributed by atoms with Gasteiger partial charge in [0.25, 0.3) is 0 Å². The van der Waals surface area contributed by atoms with Gasteiger partial charge in [0.15, 0.2) is 5.88 Å². The lowest BCUT2D eigenvalue weighted by Crippen LogP contribution is -2.37. The second-order valence-corrected chi connectivity index (χ2v) is 12.9. The first-order chi connectivity index (χ1) is 19.5. The molecule has 216 valence electrons. The summed E-state index contributed by atoms with van der Waals surface area (Å²) in [6.45, 7) is 3.32. The number of carbonyl (C=O) groups excluding carboxylic acids is 1. The van der Waals surface area contributed by atoms with Gasteiger partial charge in [-0.2, -0.15) is 0 Å². The summed E-state index contributed by atoms with van der Waals surface area (Å²) in [5.41, 5.74) is 7.96. The van der Waals surface area contributed by atoms with Crippen LogP contribution in [0.25, 0.3) is 10.9 Å². The number of anilines is 1. The molecule has 0 aliphatic rings. The van der Waals surface area contributed by atoms with Gasteiger partial charge in [-0.3, -0.25) is 13.7 Å². The summed E-state index contributed by atoms with van der Waals surface area (Å²) in [6, 6.07) is 20.4. The zero-order valence-electron chi connectivity index (χ0n) is 22.8.